The molecule has 0 bridgehead atoms. The third-order valence-electron chi connectivity index (χ3n) is 5.01. The smallest absolute Gasteiger partial charge is 0.246 e. The Morgan fingerprint density at radius 1 is 1.12 bits per heavy atom. The molecule has 1 aliphatic heterocycles. The molecule has 0 spiro atoms. The highest BCUT2D eigenvalue weighted by atomic mass is 16.5. The topological polar surface area (TPSA) is 32.8 Å². The number of methoxy groups -OCH3 is 1. The minimum absolute atomic E-state index is 0.0762. The van der Waals surface area contributed by atoms with Crippen LogP contribution in [0, 0.1) is 0 Å². The largest absolute Gasteiger partial charge is 0.497 e. The van der Waals surface area contributed by atoms with Crippen LogP contribution < -0.4 is 4.74 Å². The number of piperazine rings is 1. The first-order chi connectivity index (χ1) is 12.6. The maximum atomic E-state index is 12.8. The number of ether oxygens (including phenoxy) is 1. The van der Waals surface area contributed by atoms with Crippen molar-refractivity contribution >= 4 is 11.5 Å². The summed E-state index contributed by atoms with van der Waals surface area (Å²) in [5.74, 6) is 0.923. The molecule has 4 heteroatoms. The van der Waals surface area contributed by atoms with E-state index in [0.717, 1.165) is 30.0 Å². The second kappa shape index (κ2) is 8.19. The van der Waals surface area contributed by atoms with E-state index in [9.17, 15) is 4.79 Å². The van der Waals surface area contributed by atoms with Gasteiger partial charge >= 0.3 is 0 Å². The van der Waals surface area contributed by atoms with Gasteiger partial charge in [-0.25, -0.2) is 0 Å². The summed E-state index contributed by atoms with van der Waals surface area (Å²) in [6.07, 6.45) is 1.75. The maximum Gasteiger partial charge on any atom is 0.246 e. The van der Waals surface area contributed by atoms with E-state index in [4.69, 9.17) is 4.74 Å². The molecule has 1 fully saturated rings. The van der Waals surface area contributed by atoms with Crippen molar-refractivity contribution in [1.29, 1.82) is 0 Å². The number of carbonyl (C=O) groups is 1. The van der Waals surface area contributed by atoms with E-state index in [-0.39, 0.29) is 11.9 Å². The summed E-state index contributed by atoms with van der Waals surface area (Å²) < 4.78 is 5.35. The van der Waals surface area contributed by atoms with Gasteiger partial charge in [0.25, 0.3) is 0 Å². The molecule has 3 rings (SSSR count). The van der Waals surface area contributed by atoms with Crippen molar-refractivity contribution in [3.05, 3.63) is 71.8 Å². The second-order valence-corrected chi connectivity index (χ2v) is 6.75. The molecule has 1 aliphatic rings. The molecule has 26 heavy (non-hydrogen) atoms. The van der Waals surface area contributed by atoms with Gasteiger partial charge in [0.2, 0.25) is 5.91 Å². The summed E-state index contributed by atoms with van der Waals surface area (Å²) >= 11 is 0. The van der Waals surface area contributed by atoms with E-state index in [1.807, 2.05) is 54.3 Å². The van der Waals surface area contributed by atoms with Crippen molar-refractivity contribution < 1.29 is 9.53 Å². The van der Waals surface area contributed by atoms with Crippen LogP contribution in [-0.2, 0) is 4.79 Å². The molecular formula is C22H26N2O2. The van der Waals surface area contributed by atoms with Gasteiger partial charge in [0, 0.05) is 25.7 Å². The zero-order valence-electron chi connectivity index (χ0n) is 15.7. The minimum atomic E-state index is 0.0762. The zero-order chi connectivity index (χ0) is 18.5. The van der Waals surface area contributed by atoms with Gasteiger partial charge in [-0.1, -0.05) is 42.5 Å². The van der Waals surface area contributed by atoms with Crippen LogP contribution in [0.25, 0.3) is 5.57 Å². The SMILES string of the molecule is COc1cccc(C2CN(C(=O)/C=C(\C)c3ccccc3)CCN2C)c1. The molecule has 2 aromatic rings. The lowest BCUT2D eigenvalue weighted by atomic mass is 10.0. The average Bonchev–Trinajstić information content (AvgIpc) is 2.69. The van der Waals surface area contributed by atoms with Crippen molar-refractivity contribution in [2.45, 2.75) is 13.0 Å². The maximum absolute atomic E-state index is 12.8. The monoisotopic (exact) mass is 350 g/mol. The van der Waals surface area contributed by atoms with Gasteiger partial charge in [-0.3, -0.25) is 9.69 Å². The summed E-state index contributed by atoms with van der Waals surface area (Å²) in [5, 5.41) is 0. The molecule has 0 saturated carbocycles. The van der Waals surface area contributed by atoms with Crippen LogP contribution in [0.5, 0.6) is 5.75 Å². The van der Waals surface area contributed by atoms with Gasteiger partial charge in [0.1, 0.15) is 5.75 Å². The first kappa shape index (κ1) is 18.2. The number of benzene rings is 2. The third kappa shape index (κ3) is 4.14. The number of nitrogens with zero attached hydrogens (tertiary/aromatic N) is 2. The van der Waals surface area contributed by atoms with Crippen LogP contribution in [0.15, 0.2) is 60.7 Å². The predicted octanol–water partition coefficient (Wildman–Crippen LogP) is 3.61. The molecule has 2 aromatic carbocycles. The first-order valence-electron chi connectivity index (χ1n) is 8.95. The van der Waals surface area contributed by atoms with Crippen LogP contribution in [0.2, 0.25) is 0 Å². The number of allylic oxidation sites excluding steroid dienone is 1. The Bertz CT molecular complexity index is 786. The third-order valence-corrected chi connectivity index (χ3v) is 5.01. The van der Waals surface area contributed by atoms with Crippen molar-refractivity contribution in [3.8, 4) is 5.75 Å². The zero-order valence-corrected chi connectivity index (χ0v) is 15.7. The van der Waals surface area contributed by atoms with Gasteiger partial charge < -0.3 is 9.64 Å². The van der Waals surface area contributed by atoms with Crippen molar-refractivity contribution in [2.24, 2.45) is 0 Å². The number of hydrogen-bond acceptors (Lipinski definition) is 3. The van der Waals surface area contributed by atoms with Crippen LogP contribution in [-0.4, -0.2) is 49.5 Å². The van der Waals surface area contributed by atoms with Crippen LogP contribution in [0.3, 0.4) is 0 Å². The normalized spacial score (nSPS) is 18.7. The Kier molecular flexibility index (Phi) is 5.74. The summed E-state index contributed by atoms with van der Waals surface area (Å²) in [6.45, 7) is 4.27. The fourth-order valence-corrected chi connectivity index (χ4v) is 3.34. The Morgan fingerprint density at radius 2 is 1.88 bits per heavy atom. The molecule has 1 atom stereocenters. The summed E-state index contributed by atoms with van der Waals surface area (Å²) in [6, 6.07) is 18.3. The van der Waals surface area contributed by atoms with Crippen molar-refractivity contribution in [3.63, 3.8) is 0 Å². The lowest BCUT2D eigenvalue weighted by molar-refractivity contribution is -0.128. The van der Waals surface area contributed by atoms with Crippen LogP contribution >= 0.6 is 0 Å². The standard InChI is InChI=1S/C22H26N2O2/c1-17(18-8-5-4-6-9-18)14-22(25)24-13-12-23(2)21(16-24)19-10-7-11-20(15-19)26-3/h4-11,14-15,21H,12-13,16H2,1-3H3/b17-14+. The highest BCUT2D eigenvalue weighted by Crippen LogP contribution is 2.27. The highest BCUT2D eigenvalue weighted by molar-refractivity contribution is 5.95. The number of amides is 1. The molecule has 1 unspecified atom stereocenters. The summed E-state index contributed by atoms with van der Waals surface area (Å²) in [4.78, 5) is 17.0. The molecule has 0 radical (unpaired) electrons. The Hall–Kier alpha value is -2.59. The van der Waals surface area contributed by atoms with E-state index in [2.05, 4.69) is 24.1 Å². The molecule has 1 heterocycles. The number of hydrogen-bond donors (Lipinski definition) is 0. The highest BCUT2D eigenvalue weighted by Gasteiger charge is 2.28. The van der Waals surface area contributed by atoms with E-state index >= 15 is 0 Å². The second-order valence-electron chi connectivity index (χ2n) is 6.75. The average molecular weight is 350 g/mol. The number of rotatable bonds is 4. The van der Waals surface area contributed by atoms with E-state index < -0.39 is 0 Å². The molecule has 0 aromatic heterocycles. The molecular weight excluding hydrogens is 324 g/mol. The first-order valence-corrected chi connectivity index (χ1v) is 8.95. The lowest BCUT2D eigenvalue weighted by Gasteiger charge is -2.39. The molecule has 1 amide bonds. The van der Waals surface area contributed by atoms with E-state index in [1.54, 1.807) is 13.2 Å². The Labute approximate surface area is 155 Å². The molecule has 1 saturated heterocycles. The van der Waals surface area contributed by atoms with E-state index in [0.29, 0.717) is 6.54 Å². The Balaban J connectivity index is 1.76. The minimum Gasteiger partial charge on any atom is -0.497 e. The fraction of sp³-hybridized carbons (Fsp3) is 0.318. The predicted molar refractivity (Wildman–Crippen MR) is 105 cm³/mol. The molecule has 0 N–H and O–H groups in total. The fourth-order valence-electron chi connectivity index (χ4n) is 3.34. The quantitative estimate of drug-likeness (QED) is 0.790. The van der Waals surface area contributed by atoms with Gasteiger partial charge in [-0.05, 0) is 42.8 Å². The van der Waals surface area contributed by atoms with Gasteiger partial charge in [-0.15, -0.1) is 0 Å². The Morgan fingerprint density at radius 3 is 2.62 bits per heavy atom. The van der Waals surface area contributed by atoms with Crippen LogP contribution in [0.4, 0.5) is 0 Å². The van der Waals surface area contributed by atoms with Gasteiger partial charge in [0.05, 0.1) is 13.2 Å². The molecule has 4 nitrogen and oxygen atoms in total. The molecule has 0 aliphatic carbocycles. The number of likely N-dealkylation sites (N-methyl/N-ethyl adjacent to an activating group) is 1. The molecule has 136 valence electrons. The van der Waals surface area contributed by atoms with Crippen molar-refractivity contribution in [2.75, 3.05) is 33.8 Å². The van der Waals surface area contributed by atoms with Gasteiger partial charge in [-0.2, -0.15) is 0 Å². The van der Waals surface area contributed by atoms with E-state index in [1.165, 1.54) is 5.56 Å². The van der Waals surface area contributed by atoms with Gasteiger partial charge in [0.15, 0.2) is 0 Å². The summed E-state index contributed by atoms with van der Waals surface area (Å²) in [7, 11) is 3.79. The lowest BCUT2D eigenvalue weighted by Crippen LogP contribution is -2.48. The van der Waals surface area contributed by atoms with Crippen molar-refractivity contribution in [1.82, 2.24) is 9.80 Å². The summed E-state index contributed by atoms with van der Waals surface area (Å²) in [5.41, 5.74) is 3.25. The number of carbonyl (C=O) groups excluding carboxylic acids is 1. The van der Waals surface area contributed by atoms with Crippen LogP contribution in [0.1, 0.15) is 24.1 Å².